The van der Waals surface area contributed by atoms with Gasteiger partial charge in [-0.1, -0.05) is 24.3 Å². The molecular formula is C21H36IN5O2. The molecule has 2 rings (SSSR count). The number of guanidine groups is 1. The van der Waals surface area contributed by atoms with Crippen LogP contribution in [-0.4, -0.2) is 61.7 Å². The smallest absolute Gasteiger partial charge is 0.239 e. The van der Waals surface area contributed by atoms with Crippen molar-refractivity contribution in [3.8, 4) is 0 Å². The molecule has 1 heterocycles. The third-order valence-corrected chi connectivity index (χ3v) is 4.34. The van der Waals surface area contributed by atoms with E-state index in [2.05, 4.69) is 57.0 Å². The fourth-order valence-electron chi connectivity index (χ4n) is 3.16. The number of ether oxygens (including phenoxy) is 1. The number of amides is 1. The van der Waals surface area contributed by atoms with E-state index in [-0.39, 0.29) is 42.0 Å². The second-order valence-corrected chi connectivity index (χ2v) is 8.31. The fourth-order valence-corrected chi connectivity index (χ4v) is 3.16. The number of carbonyl (C=O) groups is 1. The first-order valence-corrected chi connectivity index (χ1v) is 9.92. The molecule has 1 aliphatic rings. The third-order valence-electron chi connectivity index (χ3n) is 4.34. The first kappa shape index (κ1) is 25.6. The van der Waals surface area contributed by atoms with Gasteiger partial charge in [0.15, 0.2) is 5.96 Å². The van der Waals surface area contributed by atoms with E-state index in [0.717, 1.165) is 26.2 Å². The predicted molar refractivity (Wildman–Crippen MR) is 129 cm³/mol. The number of rotatable bonds is 6. The van der Waals surface area contributed by atoms with Gasteiger partial charge in [0, 0.05) is 38.8 Å². The minimum absolute atomic E-state index is 0. The Morgan fingerprint density at radius 3 is 2.66 bits per heavy atom. The Morgan fingerprint density at radius 2 is 2.00 bits per heavy atom. The number of aliphatic imine (C=N–C) groups is 1. The first-order chi connectivity index (χ1) is 13.2. The van der Waals surface area contributed by atoms with Gasteiger partial charge in [0.2, 0.25) is 5.91 Å². The first-order valence-electron chi connectivity index (χ1n) is 9.92. The summed E-state index contributed by atoms with van der Waals surface area (Å²) in [4.78, 5) is 18.6. The molecule has 164 valence electrons. The summed E-state index contributed by atoms with van der Waals surface area (Å²) in [6, 6.07) is 8.56. The van der Waals surface area contributed by atoms with E-state index in [4.69, 9.17) is 4.74 Å². The lowest BCUT2D eigenvalue weighted by molar-refractivity contribution is -0.121. The van der Waals surface area contributed by atoms with Crippen molar-refractivity contribution in [3.63, 3.8) is 0 Å². The summed E-state index contributed by atoms with van der Waals surface area (Å²) in [7, 11) is 1.70. The number of hydrogen-bond acceptors (Lipinski definition) is 4. The van der Waals surface area contributed by atoms with Gasteiger partial charge in [-0.2, -0.15) is 0 Å². The molecule has 1 saturated heterocycles. The van der Waals surface area contributed by atoms with Crippen LogP contribution in [0.25, 0.3) is 0 Å². The Kier molecular flexibility index (Phi) is 10.9. The lowest BCUT2D eigenvalue weighted by atomic mass is 10.1. The summed E-state index contributed by atoms with van der Waals surface area (Å²) in [6.07, 6.45) is 0.295. The van der Waals surface area contributed by atoms with Crippen molar-refractivity contribution in [2.75, 3.05) is 33.3 Å². The van der Waals surface area contributed by atoms with Gasteiger partial charge in [-0.15, -0.1) is 24.0 Å². The highest BCUT2D eigenvalue weighted by molar-refractivity contribution is 14.0. The van der Waals surface area contributed by atoms with E-state index in [1.165, 1.54) is 11.1 Å². The zero-order valence-corrected chi connectivity index (χ0v) is 20.6. The van der Waals surface area contributed by atoms with Gasteiger partial charge in [0.1, 0.15) is 0 Å². The minimum atomic E-state index is -0.242. The molecule has 0 saturated carbocycles. The molecule has 1 amide bonds. The summed E-state index contributed by atoms with van der Waals surface area (Å²) in [5, 5.41) is 9.24. The van der Waals surface area contributed by atoms with Crippen LogP contribution in [-0.2, 0) is 22.6 Å². The van der Waals surface area contributed by atoms with Gasteiger partial charge < -0.3 is 20.7 Å². The van der Waals surface area contributed by atoms with Crippen LogP contribution in [0.5, 0.6) is 0 Å². The third kappa shape index (κ3) is 10.3. The Bertz CT molecular complexity index is 675. The van der Waals surface area contributed by atoms with Gasteiger partial charge in [-0.05, 0) is 38.8 Å². The highest BCUT2D eigenvalue weighted by Gasteiger charge is 2.17. The largest absolute Gasteiger partial charge is 0.376 e. The maximum absolute atomic E-state index is 11.9. The van der Waals surface area contributed by atoms with E-state index in [9.17, 15) is 4.79 Å². The number of morpholine rings is 1. The quantitative estimate of drug-likeness (QED) is 0.306. The molecule has 0 bridgehead atoms. The number of halogens is 1. The molecular weight excluding hydrogens is 481 g/mol. The Hall–Kier alpha value is -1.39. The second kappa shape index (κ2) is 12.3. The van der Waals surface area contributed by atoms with Gasteiger partial charge in [-0.25, -0.2) is 0 Å². The maximum atomic E-state index is 11.9. The Balaban J connectivity index is 0.00000420. The molecule has 0 aliphatic carbocycles. The fraction of sp³-hybridized carbons (Fsp3) is 0.619. The van der Waals surface area contributed by atoms with E-state index in [0.29, 0.717) is 18.6 Å². The van der Waals surface area contributed by atoms with E-state index < -0.39 is 0 Å². The molecule has 1 atom stereocenters. The zero-order valence-electron chi connectivity index (χ0n) is 18.2. The molecule has 8 heteroatoms. The van der Waals surface area contributed by atoms with Crippen molar-refractivity contribution in [2.45, 2.75) is 52.4 Å². The maximum Gasteiger partial charge on any atom is 0.239 e. The molecule has 0 aromatic heterocycles. The van der Waals surface area contributed by atoms with E-state index >= 15 is 0 Å². The summed E-state index contributed by atoms with van der Waals surface area (Å²) < 4.78 is 5.61. The Labute approximate surface area is 192 Å². The standard InChI is InChI=1S/C21H35N5O2.HI/c1-16-14-26(9-10-28-16)15-18-8-6-7-17(11-18)12-23-20(22-5)24-13-19(27)25-21(2,3)4;/h6-8,11,16H,9-10,12-15H2,1-5H3,(H,25,27)(H2,22,23,24);1H. The average Bonchev–Trinajstić information content (AvgIpc) is 2.61. The van der Waals surface area contributed by atoms with Crippen LogP contribution in [0.2, 0.25) is 0 Å². The van der Waals surface area contributed by atoms with Crippen molar-refractivity contribution in [1.29, 1.82) is 0 Å². The number of benzene rings is 1. The number of nitrogens with one attached hydrogen (secondary N) is 3. The monoisotopic (exact) mass is 517 g/mol. The van der Waals surface area contributed by atoms with Crippen molar-refractivity contribution in [1.82, 2.24) is 20.9 Å². The van der Waals surface area contributed by atoms with Crippen LogP contribution in [0, 0.1) is 0 Å². The summed E-state index contributed by atoms with van der Waals surface area (Å²) in [6.45, 7) is 12.5. The van der Waals surface area contributed by atoms with Crippen LogP contribution in [0.4, 0.5) is 0 Å². The Morgan fingerprint density at radius 1 is 1.28 bits per heavy atom. The lowest BCUT2D eigenvalue weighted by Crippen LogP contribution is -2.48. The normalized spacial score (nSPS) is 18.0. The molecule has 29 heavy (non-hydrogen) atoms. The number of nitrogens with zero attached hydrogens (tertiary/aromatic N) is 2. The molecule has 1 aliphatic heterocycles. The summed E-state index contributed by atoms with van der Waals surface area (Å²) in [5.41, 5.74) is 2.23. The molecule has 1 unspecified atom stereocenters. The van der Waals surface area contributed by atoms with Gasteiger partial charge in [0.25, 0.3) is 0 Å². The predicted octanol–water partition coefficient (Wildman–Crippen LogP) is 2.11. The van der Waals surface area contributed by atoms with Crippen molar-refractivity contribution in [3.05, 3.63) is 35.4 Å². The molecule has 7 nitrogen and oxygen atoms in total. The highest BCUT2D eigenvalue weighted by Crippen LogP contribution is 2.12. The highest BCUT2D eigenvalue weighted by atomic mass is 127. The summed E-state index contributed by atoms with van der Waals surface area (Å²) in [5.74, 6) is 0.550. The minimum Gasteiger partial charge on any atom is -0.376 e. The number of hydrogen-bond donors (Lipinski definition) is 3. The van der Waals surface area contributed by atoms with Crippen molar-refractivity contribution in [2.24, 2.45) is 4.99 Å². The van der Waals surface area contributed by atoms with Crippen LogP contribution in [0.3, 0.4) is 0 Å². The molecule has 0 spiro atoms. The summed E-state index contributed by atoms with van der Waals surface area (Å²) >= 11 is 0. The van der Waals surface area contributed by atoms with E-state index in [1.54, 1.807) is 7.05 Å². The van der Waals surface area contributed by atoms with Gasteiger partial charge in [0.05, 0.1) is 19.3 Å². The van der Waals surface area contributed by atoms with Crippen molar-refractivity contribution < 1.29 is 9.53 Å². The zero-order chi connectivity index (χ0) is 20.6. The van der Waals surface area contributed by atoms with Crippen LogP contribution in [0.1, 0.15) is 38.8 Å². The van der Waals surface area contributed by atoms with Crippen LogP contribution >= 0.6 is 24.0 Å². The second-order valence-electron chi connectivity index (χ2n) is 8.31. The molecule has 1 aromatic rings. The molecule has 0 radical (unpaired) electrons. The molecule has 1 aromatic carbocycles. The molecule has 1 fully saturated rings. The van der Waals surface area contributed by atoms with E-state index in [1.807, 2.05) is 20.8 Å². The van der Waals surface area contributed by atoms with Gasteiger partial charge >= 0.3 is 0 Å². The van der Waals surface area contributed by atoms with Crippen molar-refractivity contribution >= 4 is 35.8 Å². The average molecular weight is 517 g/mol. The number of carbonyl (C=O) groups excluding carboxylic acids is 1. The topological polar surface area (TPSA) is 78.0 Å². The van der Waals surface area contributed by atoms with Gasteiger partial charge in [-0.3, -0.25) is 14.7 Å². The van der Waals surface area contributed by atoms with Crippen LogP contribution < -0.4 is 16.0 Å². The van der Waals surface area contributed by atoms with Crippen LogP contribution in [0.15, 0.2) is 29.3 Å². The molecule has 3 N–H and O–H groups in total. The SMILES string of the molecule is CN=C(NCC(=O)NC(C)(C)C)NCc1cccc(CN2CCOC(C)C2)c1.I. The lowest BCUT2D eigenvalue weighted by Gasteiger charge is -2.31.